The Bertz CT molecular complexity index is 369. The molecule has 0 radical (unpaired) electrons. The lowest BCUT2D eigenvalue weighted by Gasteiger charge is -2.33. The first-order chi connectivity index (χ1) is 9.91. The van der Waals surface area contributed by atoms with Crippen molar-refractivity contribution in [2.45, 2.75) is 71.6 Å². The standard InChI is InChI=1S/C16H33NO3S/c1-3-10-16(11-4-2,14-21(17,18)19)13-20-12-15-8-6-5-7-9-15/h15H,3-14H2,1-2H3,(H2,17,18,19). The first kappa shape index (κ1) is 18.9. The van der Waals surface area contributed by atoms with Gasteiger partial charge in [-0.25, -0.2) is 13.6 Å². The predicted molar refractivity (Wildman–Crippen MR) is 87.6 cm³/mol. The molecular weight excluding hydrogens is 286 g/mol. The fraction of sp³-hybridized carbons (Fsp3) is 1.00. The molecule has 1 fully saturated rings. The summed E-state index contributed by atoms with van der Waals surface area (Å²) in [5.74, 6) is 0.709. The molecule has 5 heteroatoms. The van der Waals surface area contributed by atoms with E-state index in [9.17, 15) is 8.42 Å². The molecule has 0 atom stereocenters. The van der Waals surface area contributed by atoms with Crippen LogP contribution in [0.2, 0.25) is 0 Å². The topological polar surface area (TPSA) is 69.4 Å². The van der Waals surface area contributed by atoms with Crippen LogP contribution in [0.1, 0.15) is 71.6 Å². The van der Waals surface area contributed by atoms with Crippen molar-refractivity contribution >= 4 is 10.0 Å². The van der Waals surface area contributed by atoms with Gasteiger partial charge in [-0.2, -0.15) is 0 Å². The Morgan fingerprint density at radius 2 is 1.67 bits per heavy atom. The average Bonchev–Trinajstić information content (AvgIpc) is 2.38. The minimum atomic E-state index is -3.46. The van der Waals surface area contributed by atoms with Crippen LogP contribution in [0.25, 0.3) is 0 Å². The van der Waals surface area contributed by atoms with Gasteiger partial charge in [0.25, 0.3) is 0 Å². The van der Waals surface area contributed by atoms with E-state index >= 15 is 0 Å². The Morgan fingerprint density at radius 1 is 1.10 bits per heavy atom. The van der Waals surface area contributed by atoms with Gasteiger partial charge in [0.1, 0.15) is 0 Å². The van der Waals surface area contributed by atoms with Crippen molar-refractivity contribution in [3.05, 3.63) is 0 Å². The van der Waals surface area contributed by atoms with Gasteiger partial charge in [-0.1, -0.05) is 46.0 Å². The highest BCUT2D eigenvalue weighted by Gasteiger charge is 2.33. The lowest BCUT2D eigenvalue weighted by atomic mass is 9.82. The van der Waals surface area contributed by atoms with E-state index in [1.54, 1.807) is 0 Å². The molecule has 4 nitrogen and oxygen atoms in total. The van der Waals surface area contributed by atoms with E-state index in [1.165, 1.54) is 32.1 Å². The molecular formula is C16H33NO3S. The van der Waals surface area contributed by atoms with E-state index in [-0.39, 0.29) is 11.2 Å². The fourth-order valence-corrected chi connectivity index (χ4v) is 4.96. The van der Waals surface area contributed by atoms with Crippen LogP contribution in [0, 0.1) is 11.3 Å². The van der Waals surface area contributed by atoms with E-state index in [4.69, 9.17) is 9.88 Å². The predicted octanol–water partition coefficient (Wildman–Crippen LogP) is 3.46. The molecule has 0 heterocycles. The first-order valence-electron chi connectivity index (χ1n) is 8.49. The van der Waals surface area contributed by atoms with Crippen molar-refractivity contribution in [3.8, 4) is 0 Å². The van der Waals surface area contributed by atoms with Crippen LogP contribution in [0.3, 0.4) is 0 Å². The summed E-state index contributed by atoms with van der Waals surface area (Å²) in [7, 11) is -3.46. The molecule has 1 rings (SSSR count). The minimum absolute atomic E-state index is 0.0480. The van der Waals surface area contributed by atoms with Gasteiger partial charge in [0, 0.05) is 12.0 Å². The molecule has 0 amide bonds. The van der Waals surface area contributed by atoms with E-state index in [2.05, 4.69) is 13.8 Å². The van der Waals surface area contributed by atoms with Gasteiger partial charge in [-0.05, 0) is 31.6 Å². The van der Waals surface area contributed by atoms with Gasteiger partial charge in [-0.15, -0.1) is 0 Å². The Morgan fingerprint density at radius 3 is 2.14 bits per heavy atom. The Labute approximate surface area is 130 Å². The van der Waals surface area contributed by atoms with Gasteiger partial charge in [0.2, 0.25) is 10.0 Å². The molecule has 0 aliphatic heterocycles. The van der Waals surface area contributed by atoms with Crippen LogP contribution < -0.4 is 5.14 Å². The van der Waals surface area contributed by atoms with Crippen LogP contribution in [0.4, 0.5) is 0 Å². The van der Waals surface area contributed by atoms with Crippen LogP contribution in [0.15, 0.2) is 0 Å². The molecule has 1 saturated carbocycles. The van der Waals surface area contributed by atoms with Gasteiger partial charge >= 0.3 is 0 Å². The molecule has 126 valence electrons. The summed E-state index contributed by atoms with van der Waals surface area (Å²) in [6.07, 6.45) is 10.1. The number of rotatable bonds is 10. The zero-order valence-corrected chi connectivity index (χ0v) is 14.6. The van der Waals surface area contributed by atoms with Crippen molar-refractivity contribution in [1.29, 1.82) is 0 Å². The van der Waals surface area contributed by atoms with Crippen LogP contribution in [-0.2, 0) is 14.8 Å². The summed E-state index contributed by atoms with van der Waals surface area (Å²) in [4.78, 5) is 0. The van der Waals surface area contributed by atoms with Gasteiger partial charge in [0.05, 0.1) is 12.4 Å². The van der Waals surface area contributed by atoms with Gasteiger partial charge < -0.3 is 4.74 Å². The number of ether oxygens (including phenoxy) is 1. The number of primary sulfonamides is 1. The monoisotopic (exact) mass is 319 g/mol. The number of hydrogen-bond acceptors (Lipinski definition) is 3. The largest absolute Gasteiger partial charge is 0.381 e. The van der Waals surface area contributed by atoms with Crippen molar-refractivity contribution < 1.29 is 13.2 Å². The fourth-order valence-electron chi connectivity index (χ4n) is 3.74. The lowest BCUT2D eigenvalue weighted by Crippen LogP contribution is -2.38. The summed E-state index contributed by atoms with van der Waals surface area (Å²) < 4.78 is 29.1. The maximum atomic E-state index is 11.6. The van der Waals surface area contributed by atoms with Crippen LogP contribution >= 0.6 is 0 Å². The number of nitrogens with two attached hydrogens (primary N) is 1. The highest BCUT2D eigenvalue weighted by Crippen LogP contribution is 2.32. The summed E-state index contributed by atoms with van der Waals surface area (Å²) in [5, 5.41) is 5.31. The molecule has 0 aromatic carbocycles. The second kappa shape index (κ2) is 9.11. The second-order valence-electron chi connectivity index (χ2n) is 6.83. The Hall–Kier alpha value is -0.130. The number of hydrogen-bond donors (Lipinski definition) is 1. The molecule has 0 bridgehead atoms. The van der Waals surface area contributed by atoms with E-state index in [0.717, 1.165) is 32.3 Å². The third-order valence-electron chi connectivity index (χ3n) is 4.55. The molecule has 1 aliphatic rings. The normalized spacial score (nSPS) is 18.0. The molecule has 2 N–H and O–H groups in total. The van der Waals surface area contributed by atoms with Crippen molar-refractivity contribution in [1.82, 2.24) is 0 Å². The molecule has 0 unspecified atom stereocenters. The maximum absolute atomic E-state index is 11.6. The van der Waals surface area contributed by atoms with Crippen molar-refractivity contribution in [2.24, 2.45) is 16.5 Å². The van der Waals surface area contributed by atoms with Gasteiger partial charge in [-0.3, -0.25) is 0 Å². The summed E-state index contributed by atoms with van der Waals surface area (Å²) >= 11 is 0. The molecule has 0 aromatic heterocycles. The third-order valence-corrected chi connectivity index (χ3v) is 5.57. The zero-order valence-electron chi connectivity index (χ0n) is 13.8. The highest BCUT2D eigenvalue weighted by atomic mass is 32.2. The Balaban J connectivity index is 2.57. The van der Waals surface area contributed by atoms with E-state index < -0.39 is 10.0 Å². The van der Waals surface area contributed by atoms with Crippen molar-refractivity contribution in [2.75, 3.05) is 19.0 Å². The van der Waals surface area contributed by atoms with Crippen molar-refractivity contribution in [3.63, 3.8) is 0 Å². The molecule has 0 spiro atoms. The van der Waals surface area contributed by atoms with Gasteiger partial charge in [0.15, 0.2) is 0 Å². The summed E-state index contributed by atoms with van der Waals surface area (Å²) in [5.41, 5.74) is -0.300. The van der Waals surface area contributed by atoms with Crippen LogP contribution in [-0.4, -0.2) is 27.4 Å². The van der Waals surface area contributed by atoms with Crippen LogP contribution in [0.5, 0.6) is 0 Å². The Kier molecular flexibility index (Phi) is 8.21. The molecule has 1 aliphatic carbocycles. The minimum Gasteiger partial charge on any atom is -0.381 e. The average molecular weight is 320 g/mol. The first-order valence-corrected chi connectivity index (χ1v) is 10.2. The smallest absolute Gasteiger partial charge is 0.209 e. The summed E-state index contributed by atoms with van der Waals surface area (Å²) in [6, 6.07) is 0. The van der Waals surface area contributed by atoms with E-state index in [1.807, 2.05) is 0 Å². The highest BCUT2D eigenvalue weighted by molar-refractivity contribution is 7.89. The quantitative estimate of drug-likeness (QED) is 0.670. The molecule has 21 heavy (non-hydrogen) atoms. The zero-order chi connectivity index (χ0) is 15.8. The second-order valence-corrected chi connectivity index (χ2v) is 8.44. The van der Waals surface area contributed by atoms with E-state index in [0.29, 0.717) is 12.5 Å². The third kappa shape index (κ3) is 7.61. The SMILES string of the molecule is CCCC(CCC)(COCC1CCCCC1)CS(N)(=O)=O. The molecule has 0 aromatic rings. The number of sulfonamides is 1. The maximum Gasteiger partial charge on any atom is 0.209 e. The summed E-state index contributed by atoms with van der Waals surface area (Å²) in [6.45, 7) is 5.49. The lowest BCUT2D eigenvalue weighted by molar-refractivity contribution is 0.0183. The molecule has 0 saturated heterocycles.